The molecule has 0 atom stereocenters. The van der Waals surface area contributed by atoms with Gasteiger partial charge in [0.05, 0.1) is 0 Å². The molecule has 1 saturated carbocycles. The fourth-order valence-corrected chi connectivity index (χ4v) is 3.59. The van der Waals surface area contributed by atoms with Gasteiger partial charge in [-0.15, -0.1) is 0 Å². The van der Waals surface area contributed by atoms with E-state index in [4.69, 9.17) is 5.73 Å². The molecular weight excluding hydrogens is 256 g/mol. The lowest BCUT2D eigenvalue weighted by Gasteiger charge is -2.27. The third kappa shape index (κ3) is 2.62. The van der Waals surface area contributed by atoms with Gasteiger partial charge >= 0.3 is 0 Å². The highest BCUT2D eigenvalue weighted by atomic mass is 16.2. The first-order valence-electron chi connectivity index (χ1n) is 7.48. The first-order valence-corrected chi connectivity index (χ1v) is 7.48. The van der Waals surface area contributed by atoms with Crippen molar-refractivity contribution < 1.29 is 4.79 Å². The number of nitrogens with two attached hydrogens (primary N) is 1. The van der Waals surface area contributed by atoms with E-state index in [0.29, 0.717) is 5.41 Å². The molecule has 110 valence electrons. The van der Waals surface area contributed by atoms with E-state index in [1.807, 2.05) is 4.90 Å². The van der Waals surface area contributed by atoms with Crippen LogP contribution >= 0.6 is 0 Å². The Labute approximate surface area is 118 Å². The Balaban J connectivity index is 1.61. The monoisotopic (exact) mass is 278 g/mol. The summed E-state index contributed by atoms with van der Waals surface area (Å²) in [7, 11) is 0. The van der Waals surface area contributed by atoms with Crippen LogP contribution in [0, 0.1) is 5.41 Å². The number of aromatic nitrogens is 4. The number of tetrazole rings is 1. The predicted molar refractivity (Wildman–Crippen MR) is 73.6 cm³/mol. The quantitative estimate of drug-likeness (QED) is 0.865. The van der Waals surface area contributed by atoms with Crippen LogP contribution in [0.5, 0.6) is 0 Å². The number of anilines is 1. The first kappa shape index (κ1) is 13.3. The summed E-state index contributed by atoms with van der Waals surface area (Å²) >= 11 is 0. The lowest BCUT2D eigenvalue weighted by atomic mass is 9.80. The van der Waals surface area contributed by atoms with E-state index in [2.05, 4.69) is 15.5 Å². The molecule has 1 aromatic heterocycles. The fraction of sp³-hybridized carbons (Fsp3) is 0.846. The maximum absolute atomic E-state index is 12.3. The molecule has 0 radical (unpaired) electrons. The van der Waals surface area contributed by atoms with Crippen LogP contribution in [0.4, 0.5) is 5.95 Å². The second-order valence-corrected chi connectivity index (χ2v) is 6.17. The van der Waals surface area contributed by atoms with Gasteiger partial charge in [-0.2, -0.15) is 0 Å². The third-order valence-corrected chi connectivity index (χ3v) is 4.80. The molecule has 0 aromatic carbocycles. The van der Waals surface area contributed by atoms with Crippen LogP contribution in [0.2, 0.25) is 0 Å². The average Bonchev–Trinajstić information content (AvgIpc) is 2.94. The Kier molecular flexibility index (Phi) is 3.58. The van der Waals surface area contributed by atoms with Gasteiger partial charge in [-0.05, 0) is 35.1 Å². The molecule has 7 heteroatoms. The summed E-state index contributed by atoms with van der Waals surface area (Å²) < 4.78 is 1.36. The smallest absolute Gasteiger partial charge is 0.244 e. The van der Waals surface area contributed by atoms with Crippen LogP contribution in [0.3, 0.4) is 0 Å². The van der Waals surface area contributed by atoms with E-state index < -0.39 is 0 Å². The molecular formula is C13H22N6O. The predicted octanol–water partition coefficient (Wildman–Crippen LogP) is 0.828. The van der Waals surface area contributed by atoms with Crippen LogP contribution < -0.4 is 5.73 Å². The number of rotatable bonds is 2. The number of amides is 1. The van der Waals surface area contributed by atoms with Crippen molar-refractivity contribution >= 4 is 11.9 Å². The summed E-state index contributed by atoms with van der Waals surface area (Å²) in [6, 6.07) is 0. The number of hydrogen-bond donors (Lipinski definition) is 1. The Morgan fingerprint density at radius 2 is 1.95 bits per heavy atom. The van der Waals surface area contributed by atoms with Gasteiger partial charge in [-0.3, -0.25) is 4.79 Å². The van der Waals surface area contributed by atoms with E-state index >= 15 is 0 Å². The summed E-state index contributed by atoms with van der Waals surface area (Å²) in [5.41, 5.74) is 5.97. The van der Waals surface area contributed by atoms with Crippen LogP contribution in [-0.4, -0.2) is 44.1 Å². The van der Waals surface area contributed by atoms with Gasteiger partial charge in [0.1, 0.15) is 6.54 Å². The molecule has 7 nitrogen and oxygen atoms in total. The standard InChI is InChI=1S/C13H22N6O/c14-12-15-16-17-19(12)9-11(20)18-8-7-13(10-18)5-3-1-2-4-6-13/h1-10H2,(H2,14,15,17). The maximum Gasteiger partial charge on any atom is 0.244 e. The highest BCUT2D eigenvalue weighted by Gasteiger charge is 2.39. The SMILES string of the molecule is Nc1nnnn1CC(=O)N1CCC2(CCCCCC2)C1. The molecule has 2 fully saturated rings. The highest BCUT2D eigenvalue weighted by Crippen LogP contribution is 2.42. The van der Waals surface area contributed by atoms with E-state index in [1.165, 1.54) is 43.2 Å². The third-order valence-electron chi connectivity index (χ3n) is 4.80. The minimum absolute atomic E-state index is 0.0742. The largest absolute Gasteiger partial charge is 0.367 e. The van der Waals surface area contributed by atoms with Crippen molar-refractivity contribution in [2.45, 2.75) is 51.5 Å². The lowest BCUT2D eigenvalue weighted by molar-refractivity contribution is -0.131. The second-order valence-electron chi connectivity index (χ2n) is 6.17. The van der Waals surface area contributed by atoms with Gasteiger partial charge < -0.3 is 10.6 Å². The van der Waals surface area contributed by atoms with Crippen LogP contribution in [-0.2, 0) is 11.3 Å². The summed E-state index contributed by atoms with van der Waals surface area (Å²) in [6.45, 7) is 1.91. The van der Waals surface area contributed by atoms with Crippen molar-refractivity contribution in [2.24, 2.45) is 5.41 Å². The van der Waals surface area contributed by atoms with Gasteiger partial charge in [-0.1, -0.05) is 30.8 Å². The van der Waals surface area contributed by atoms with Crippen LogP contribution in [0.1, 0.15) is 44.9 Å². The first-order chi connectivity index (χ1) is 9.69. The average molecular weight is 278 g/mol. The van der Waals surface area contributed by atoms with Crippen molar-refractivity contribution in [2.75, 3.05) is 18.8 Å². The Morgan fingerprint density at radius 1 is 1.20 bits per heavy atom. The highest BCUT2D eigenvalue weighted by molar-refractivity contribution is 5.76. The number of carbonyl (C=O) groups is 1. The molecule has 1 amide bonds. The molecule has 0 bridgehead atoms. The molecule has 2 heterocycles. The van der Waals surface area contributed by atoms with Crippen molar-refractivity contribution in [3.63, 3.8) is 0 Å². The molecule has 20 heavy (non-hydrogen) atoms. The Morgan fingerprint density at radius 3 is 2.60 bits per heavy atom. The zero-order chi connectivity index (χ0) is 14.0. The lowest BCUT2D eigenvalue weighted by Crippen LogP contribution is -2.34. The zero-order valence-corrected chi connectivity index (χ0v) is 11.8. The summed E-state index contributed by atoms with van der Waals surface area (Å²) in [5.74, 6) is 0.270. The molecule has 1 aromatic rings. The number of nitrogen functional groups attached to an aromatic ring is 1. The molecule has 1 spiro atoms. The molecule has 0 unspecified atom stereocenters. The van der Waals surface area contributed by atoms with Gasteiger partial charge in [0.2, 0.25) is 11.9 Å². The zero-order valence-electron chi connectivity index (χ0n) is 11.8. The molecule has 3 rings (SSSR count). The number of carbonyl (C=O) groups excluding carboxylic acids is 1. The Hall–Kier alpha value is -1.66. The Bertz CT molecular complexity index is 477. The van der Waals surface area contributed by atoms with Gasteiger partial charge in [0.15, 0.2) is 0 Å². The number of nitrogens with zero attached hydrogens (tertiary/aromatic N) is 5. The molecule has 2 aliphatic rings. The summed E-state index contributed by atoms with van der Waals surface area (Å²) in [6.07, 6.45) is 8.98. The van der Waals surface area contributed by atoms with Crippen molar-refractivity contribution in [1.29, 1.82) is 0 Å². The summed E-state index contributed by atoms with van der Waals surface area (Å²) in [5, 5.41) is 10.8. The van der Waals surface area contributed by atoms with Crippen molar-refractivity contribution in [1.82, 2.24) is 25.1 Å². The minimum atomic E-state index is 0.0742. The van der Waals surface area contributed by atoms with Gasteiger partial charge in [0.25, 0.3) is 0 Å². The van der Waals surface area contributed by atoms with Crippen molar-refractivity contribution in [3.05, 3.63) is 0 Å². The normalized spacial score (nSPS) is 22.1. The van der Waals surface area contributed by atoms with Crippen LogP contribution in [0.25, 0.3) is 0 Å². The van der Waals surface area contributed by atoms with E-state index in [1.54, 1.807) is 0 Å². The molecule has 1 aliphatic heterocycles. The topological polar surface area (TPSA) is 89.9 Å². The van der Waals surface area contributed by atoms with E-state index in [0.717, 1.165) is 19.5 Å². The van der Waals surface area contributed by atoms with Crippen molar-refractivity contribution in [3.8, 4) is 0 Å². The van der Waals surface area contributed by atoms with Crippen LogP contribution in [0.15, 0.2) is 0 Å². The maximum atomic E-state index is 12.3. The number of likely N-dealkylation sites (tertiary alicyclic amines) is 1. The van der Waals surface area contributed by atoms with Gasteiger partial charge in [-0.25, -0.2) is 4.68 Å². The molecule has 1 saturated heterocycles. The summed E-state index contributed by atoms with van der Waals surface area (Å²) in [4.78, 5) is 14.3. The van der Waals surface area contributed by atoms with E-state index in [-0.39, 0.29) is 18.4 Å². The van der Waals surface area contributed by atoms with Gasteiger partial charge in [0, 0.05) is 13.1 Å². The molecule has 2 N–H and O–H groups in total. The van der Waals surface area contributed by atoms with E-state index in [9.17, 15) is 4.79 Å². The fourth-order valence-electron chi connectivity index (χ4n) is 3.59. The molecule has 1 aliphatic carbocycles. The minimum Gasteiger partial charge on any atom is -0.367 e. The second kappa shape index (κ2) is 5.38. The number of hydrogen-bond acceptors (Lipinski definition) is 5.